The molecule has 3 aliphatic carbocycles. The van der Waals surface area contributed by atoms with E-state index in [2.05, 4.69) is 0 Å². The third-order valence-corrected chi connectivity index (χ3v) is 11.9. The van der Waals surface area contributed by atoms with Crippen molar-refractivity contribution in [2.75, 3.05) is 6.61 Å². The quantitative estimate of drug-likeness (QED) is 0.247. The molecule has 0 bridgehead atoms. The monoisotopic (exact) mass is 728 g/mol. The lowest BCUT2D eigenvalue weighted by atomic mass is 9.50. The Kier molecular flexibility index (Phi) is 9.31. The van der Waals surface area contributed by atoms with Gasteiger partial charge in [-0.15, -0.1) is 0 Å². The second kappa shape index (κ2) is 12.6. The number of aliphatic hydroxyl groups is 1. The Morgan fingerprint density at radius 1 is 0.827 bits per heavy atom. The summed E-state index contributed by atoms with van der Waals surface area (Å²) >= 11 is 0. The van der Waals surface area contributed by atoms with E-state index in [4.69, 9.17) is 37.9 Å². The Balaban J connectivity index is 1.76. The van der Waals surface area contributed by atoms with Crippen molar-refractivity contribution >= 4 is 23.9 Å². The van der Waals surface area contributed by atoms with Gasteiger partial charge >= 0.3 is 23.9 Å². The van der Waals surface area contributed by atoms with Crippen LogP contribution in [-0.4, -0.2) is 95.0 Å². The smallest absolute Gasteiger partial charge is 0.338 e. The van der Waals surface area contributed by atoms with Crippen molar-refractivity contribution in [2.24, 2.45) is 16.7 Å². The van der Waals surface area contributed by atoms with Crippen LogP contribution in [0.15, 0.2) is 41.5 Å². The number of benzene rings is 1. The molecular formula is C39H52O13. The van der Waals surface area contributed by atoms with Crippen molar-refractivity contribution in [1.29, 1.82) is 0 Å². The summed E-state index contributed by atoms with van der Waals surface area (Å²) in [4.78, 5) is 53.6. The van der Waals surface area contributed by atoms with Gasteiger partial charge < -0.3 is 43.0 Å². The van der Waals surface area contributed by atoms with E-state index in [1.54, 1.807) is 78.8 Å². The van der Waals surface area contributed by atoms with Gasteiger partial charge in [-0.2, -0.15) is 0 Å². The normalized spacial score (nSPS) is 38.8. The van der Waals surface area contributed by atoms with E-state index in [1.165, 1.54) is 20.8 Å². The summed E-state index contributed by atoms with van der Waals surface area (Å²) in [5.41, 5.74) is -5.27. The van der Waals surface area contributed by atoms with E-state index >= 15 is 0 Å². The minimum absolute atomic E-state index is 0.0794. The van der Waals surface area contributed by atoms with Gasteiger partial charge in [0.25, 0.3) is 0 Å². The largest absolute Gasteiger partial charge is 0.458 e. The van der Waals surface area contributed by atoms with Crippen molar-refractivity contribution in [3.8, 4) is 0 Å². The summed E-state index contributed by atoms with van der Waals surface area (Å²) in [5.74, 6) is -6.02. The predicted octanol–water partition coefficient (Wildman–Crippen LogP) is 4.57. The molecule has 0 radical (unpaired) electrons. The van der Waals surface area contributed by atoms with Crippen molar-refractivity contribution in [1.82, 2.24) is 0 Å². The number of ether oxygens (including phenoxy) is 8. The topological polar surface area (TPSA) is 162 Å². The maximum atomic E-state index is 14.5. The van der Waals surface area contributed by atoms with Gasteiger partial charge in [0.15, 0.2) is 23.3 Å². The number of hydrogen-bond donors (Lipinski definition) is 1. The second-order valence-electron chi connectivity index (χ2n) is 16.6. The Hall–Kier alpha value is -3.36. The van der Waals surface area contributed by atoms with Crippen LogP contribution in [0.3, 0.4) is 0 Å². The van der Waals surface area contributed by atoms with E-state index in [9.17, 15) is 24.3 Å². The molecule has 1 N–H and O–H groups in total. The fourth-order valence-electron chi connectivity index (χ4n) is 10.1. The number of fused-ring (bicyclic) bond motifs is 3. The first-order valence-electron chi connectivity index (χ1n) is 17.9. The van der Waals surface area contributed by atoms with E-state index in [1.807, 2.05) is 6.92 Å². The number of esters is 4. The van der Waals surface area contributed by atoms with Gasteiger partial charge in [-0.1, -0.05) is 25.1 Å². The van der Waals surface area contributed by atoms with Crippen LogP contribution in [-0.2, 0) is 52.3 Å². The number of hydrogen-bond acceptors (Lipinski definition) is 13. The highest BCUT2D eigenvalue weighted by atomic mass is 16.7. The lowest BCUT2D eigenvalue weighted by Gasteiger charge is -2.66. The minimum Gasteiger partial charge on any atom is -0.458 e. The molecule has 2 saturated heterocycles. The Labute approximate surface area is 304 Å². The lowest BCUT2D eigenvalue weighted by Crippen LogP contribution is -2.79. The number of rotatable bonds is 6. The van der Waals surface area contributed by atoms with Crippen molar-refractivity contribution in [3.05, 3.63) is 47.0 Å². The fraction of sp³-hybridized carbons (Fsp3) is 0.692. The van der Waals surface area contributed by atoms with E-state index in [0.717, 1.165) is 0 Å². The zero-order chi connectivity index (χ0) is 38.4. The number of carbonyl (C=O) groups is 4. The average molecular weight is 729 g/mol. The first-order chi connectivity index (χ1) is 24.0. The highest BCUT2D eigenvalue weighted by Crippen LogP contribution is 2.70. The van der Waals surface area contributed by atoms with Crippen LogP contribution >= 0.6 is 0 Å². The summed E-state index contributed by atoms with van der Waals surface area (Å²) in [7, 11) is 0. The van der Waals surface area contributed by atoms with E-state index < -0.39 is 100 Å². The molecule has 2 saturated carbocycles. The molecule has 4 fully saturated rings. The standard InChI is InChI=1S/C39H52O13/c1-20-25(46-21(2)40)18-38(34(5,6)44)28(20)29(47-22(3)41)31-37(11)26(50-36(9,10)52-31)17-27-39(49-23(4)42,19-45-35(7,8)51-27)30(37)32(38)48-33(43)24-15-13-12-14-16-24/h12-16,25-27,29-32,44H,17-19H2,1-11H3/t25-,26-,27+,29+,30-,31-,32-,37+,38-,39-/m0/s1. The van der Waals surface area contributed by atoms with Crippen LogP contribution in [0.25, 0.3) is 0 Å². The Bertz CT molecular complexity index is 1660. The molecule has 1 aromatic rings. The Morgan fingerprint density at radius 3 is 2.02 bits per heavy atom. The van der Waals surface area contributed by atoms with Crippen LogP contribution < -0.4 is 0 Å². The minimum atomic E-state index is -1.78. The van der Waals surface area contributed by atoms with Crippen LogP contribution in [0.1, 0.15) is 99.4 Å². The summed E-state index contributed by atoms with van der Waals surface area (Å²) in [6, 6.07) is 8.39. The Morgan fingerprint density at radius 2 is 1.44 bits per heavy atom. The average Bonchev–Trinajstić information content (AvgIpc) is 3.26. The molecule has 0 spiro atoms. The third-order valence-electron chi connectivity index (χ3n) is 11.9. The maximum absolute atomic E-state index is 14.5. The van der Waals surface area contributed by atoms with Gasteiger partial charge in [0.2, 0.25) is 0 Å². The molecule has 6 rings (SSSR count). The molecule has 0 amide bonds. The van der Waals surface area contributed by atoms with Gasteiger partial charge in [-0.05, 0) is 71.7 Å². The molecule has 0 unspecified atom stereocenters. The molecule has 52 heavy (non-hydrogen) atoms. The second-order valence-corrected chi connectivity index (χ2v) is 16.6. The third kappa shape index (κ3) is 5.96. The molecule has 2 heterocycles. The van der Waals surface area contributed by atoms with Crippen LogP contribution in [0, 0.1) is 16.7 Å². The maximum Gasteiger partial charge on any atom is 0.338 e. The van der Waals surface area contributed by atoms with Crippen molar-refractivity contribution in [2.45, 2.75) is 148 Å². The highest BCUT2D eigenvalue weighted by Gasteiger charge is 2.80. The summed E-state index contributed by atoms with van der Waals surface area (Å²) in [6.45, 7) is 17.5. The zero-order valence-corrected chi connectivity index (χ0v) is 31.9. The summed E-state index contributed by atoms with van der Waals surface area (Å²) in [6.07, 6.45) is -6.02. The van der Waals surface area contributed by atoms with Crippen molar-refractivity contribution in [3.63, 3.8) is 0 Å². The SMILES string of the molecule is CC(=O)O[C@H]1C[C@]2(C(C)(C)O)C(=C1C)[C@@H](OC(C)=O)[C@@H]1OC(C)(C)O[C@H]3C[C@H]4OC(C)(C)OC[C@@]4(OC(C)=O)[C@@H]([C@@H]2OC(=O)c2ccccc2)[C@@]31C. The molecule has 286 valence electrons. The molecule has 5 aliphatic rings. The predicted molar refractivity (Wildman–Crippen MR) is 182 cm³/mol. The molecule has 13 nitrogen and oxygen atoms in total. The van der Waals surface area contributed by atoms with Gasteiger partial charge in [-0.25, -0.2) is 4.79 Å². The molecular weight excluding hydrogens is 676 g/mol. The van der Waals surface area contributed by atoms with Gasteiger partial charge in [-0.3, -0.25) is 14.4 Å². The fourth-order valence-corrected chi connectivity index (χ4v) is 10.1. The molecule has 2 aliphatic heterocycles. The van der Waals surface area contributed by atoms with Crippen molar-refractivity contribution < 1.29 is 62.2 Å². The van der Waals surface area contributed by atoms with Gasteiger partial charge in [0.1, 0.15) is 24.4 Å². The molecule has 1 aromatic carbocycles. The lowest BCUT2D eigenvalue weighted by molar-refractivity contribution is -0.428. The van der Waals surface area contributed by atoms with Crippen LogP contribution in [0.5, 0.6) is 0 Å². The highest BCUT2D eigenvalue weighted by molar-refractivity contribution is 5.89. The molecule has 13 heteroatoms. The summed E-state index contributed by atoms with van der Waals surface area (Å²) < 4.78 is 52.1. The first kappa shape index (κ1) is 38.4. The van der Waals surface area contributed by atoms with Crippen LogP contribution in [0.2, 0.25) is 0 Å². The number of carbonyl (C=O) groups excluding carboxylic acids is 4. The van der Waals surface area contributed by atoms with Gasteiger partial charge in [0.05, 0.1) is 35.2 Å². The van der Waals surface area contributed by atoms with Gasteiger partial charge in [0, 0.05) is 39.0 Å². The molecule has 0 aromatic heterocycles. The van der Waals surface area contributed by atoms with E-state index in [-0.39, 0.29) is 25.0 Å². The summed E-state index contributed by atoms with van der Waals surface area (Å²) in [5, 5.41) is 12.7. The van der Waals surface area contributed by atoms with E-state index in [0.29, 0.717) is 11.1 Å². The zero-order valence-electron chi connectivity index (χ0n) is 31.9. The molecule has 10 atom stereocenters. The van der Waals surface area contributed by atoms with Crippen LogP contribution in [0.4, 0.5) is 0 Å². The first-order valence-corrected chi connectivity index (χ1v) is 17.9.